The molecule has 1 N–H and O–H groups in total. The molecule has 25 heavy (non-hydrogen) atoms. The van der Waals surface area contributed by atoms with E-state index in [2.05, 4.69) is 25.0 Å². The van der Waals surface area contributed by atoms with Gasteiger partial charge in [0.2, 0.25) is 5.95 Å². The predicted molar refractivity (Wildman–Crippen MR) is 94.1 cm³/mol. The summed E-state index contributed by atoms with van der Waals surface area (Å²) in [4.78, 5) is 8.31. The van der Waals surface area contributed by atoms with Crippen molar-refractivity contribution in [1.82, 2.24) is 15.0 Å². The highest BCUT2D eigenvalue weighted by Gasteiger charge is 2.16. The van der Waals surface area contributed by atoms with Crippen LogP contribution in [0.15, 0.2) is 45.6 Å². The first-order valence-electron chi connectivity index (χ1n) is 8.04. The van der Waals surface area contributed by atoms with Crippen molar-refractivity contribution in [3.05, 3.63) is 41.7 Å². The minimum atomic E-state index is -3.75. The standard InChI is InChI=1S/C16H20N6O2S/c1-12-11-13(2)18-16(17-12)20-25(23,24)15-7-5-14(6-8-15)19-21-22-9-3-4-10-22/h5-8,11H,3-4,9-10H2,1-2H3,(H,17,18,20). The molecule has 0 aliphatic carbocycles. The maximum absolute atomic E-state index is 12.4. The lowest BCUT2D eigenvalue weighted by Gasteiger charge is -2.08. The lowest BCUT2D eigenvalue weighted by molar-refractivity contribution is 0.336. The Morgan fingerprint density at radius 3 is 2.24 bits per heavy atom. The second-order valence-corrected chi connectivity index (χ2v) is 7.61. The number of hydrogen-bond donors (Lipinski definition) is 1. The van der Waals surface area contributed by atoms with Crippen molar-refractivity contribution in [2.75, 3.05) is 17.8 Å². The minimum absolute atomic E-state index is 0.0651. The van der Waals surface area contributed by atoms with Crippen LogP contribution in [-0.4, -0.2) is 36.5 Å². The van der Waals surface area contributed by atoms with Gasteiger partial charge in [0, 0.05) is 24.5 Å². The van der Waals surface area contributed by atoms with E-state index in [4.69, 9.17) is 0 Å². The van der Waals surface area contributed by atoms with Crippen molar-refractivity contribution in [3.63, 3.8) is 0 Å². The van der Waals surface area contributed by atoms with Crippen LogP contribution in [0.3, 0.4) is 0 Å². The highest BCUT2D eigenvalue weighted by Crippen LogP contribution is 2.20. The van der Waals surface area contributed by atoms with E-state index in [0.29, 0.717) is 17.1 Å². The van der Waals surface area contributed by atoms with Gasteiger partial charge in [0.1, 0.15) is 0 Å². The topological polar surface area (TPSA) is 99.9 Å². The third-order valence-electron chi connectivity index (χ3n) is 3.72. The highest BCUT2D eigenvalue weighted by atomic mass is 32.2. The predicted octanol–water partition coefficient (Wildman–Crippen LogP) is 2.99. The molecule has 3 rings (SSSR count). The molecule has 1 aliphatic heterocycles. The van der Waals surface area contributed by atoms with Crippen LogP contribution in [0.2, 0.25) is 0 Å². The fraction of sp³-hybridized carbons (Fsp3) is 0.375. The minimum Gasteiger partial charge on any atom is -0.278 e. The smallest absolute Gasteiger partial charge is 0.264 e. The van der Waals surface area contributed by atoms with Crippen molar-refractivity contribution >= 4 is 21.7 Å². The van der Waals surface area contributed by atoms with Gasteiger partial charge in [0.15, 0.2) is 0 Å². The zero-order chi connectivity index (χ0) is 17.9. The van der Waals surface area contributed by atoms with Crippen molar-refractivity contribution in [2.24, 2.45) is 10.3 Å². The van der Waals surface area contributed by atoms with Gasteiger partial charge in [-0.3, -0.25) is 5.01 Å². The molecule has 132 valence electrons. The van der Waals surface area contributed by atoms with Crippen LogP contribution in [-0.2, 0) is 10.0 Å². The van der Waals surface area contributed by atoms with Crippen LogP contribution in [0.1, 0.15) is 24.2 Å². The summed E-state index contributed by atoms with van der Waals surface area (Å²) in [6.45, 7) is 5.39. The number of aromatic nitrogens is 2. The zero-order valence-corrected chi connectivity index (χ0v) is 15.0. The van der Waals surface area contributed by atoms with E-state index >= 15 is 0 Å². The number of anilines is 1. The second-order valence-electron chi connectivity index (χ2n) is 5.92. The third kappa shape index (κ3) is 4.50. The summed E-state index contributed by atoms with van der Waals surface area (Å²) in [5, 5.41) is 10.2. The van der Waals surface area contributed by atoms with E-state index in [9.17, 15) is 8.42 Å². The third-order valence-corrected chi connectivity index (χ3v) is 5.07. The molecule has 1 aromatic carbocycles. The molecular weight excluding hydrogens is 340 g/mol. The molecule has 0 spiro atoms. The largest absolute Gasteiger partial charge is 0.278 e. The molecule has 1 aliphatic rings. The first kappa shape index (κ1) is 17.3. The van der Waals surface area contributed by atoms with Gasteiger partial charge in [-0.25, -0.2) is 23.1 Å². The summed E-state index contributed by atoms with van der Waals surface area (Å²) in [6.07, 6.45) is 2.25. The van der Waals surface area contributed by atoms with E-state index < -0.39 is 10.0 Å². The molecule has 9 heteroatoms. The van der Waals surface area contributed by atoms with Gasteiger partial charge >= 0.3 is 0 Å². The number of nitrogens with one attached hydrogen (secondary N) is 1. The van der Waals surface area contributed by atoms with Crippen molar-refractivity contribution in [3.8, 4) is 0 Å². The number of rotatable bonds is 5. The molecule has 1 aromatic heterocycles. The molecule has 1 saturated heterocycles. The van der Waals surface area contributed by atoms with E-state index in [1.807, 2.05) is 5.01 Å². The van der Waals surface area contributed by atoms with Crippen LogP contribution < -0.4 is 4.72 Å². The van der Waals surface area contributed by atoms with Gasteiger partial charge in [0.25, 0.3) is 10.0 Å². The summed E-state index contributed by atoms with van der Waals surface area (Å²) in [5.74, 6) is 0.0651. The van der Waals surface area contributed by atoms with Gasteiger partial charge in [-0.2, -0.15) is 0 Å². The van der Waals surface area contributed by atoms with Crippen LogP contribution >= 0.6 is 0 Å². The van der Waals surface area contributed by atoms with Crippen LogP contribution in [0.4, 0.5) is 11.6 Å². The molecule has 1 fully saturated rings. The number of nitrogens with zero attached hydrogens (tertiary/aromatic N) is 5. The van der Waals surface area contributed by atoms with Gasteiger partial charge in [-0.05, 0) is 57.0 Å². The SMILES string of the molecule is Cc1cc(C)nc(NS(=O)(=O)c2ccc(N=NN3CCCC3)cc2)n1. The fourth-order valence-corrected chi connectivity index (χ4v) is 3.49. The second kappa shape index (κ2) is 7.14. The number of sulfonamides is 1. The van der Waals surface area contributed by atoms with Crippen molar-refractivity contribution < 1.29 is 8.42 Å². The molecule has 0 amide bonds. The Morgan fingerprint density at radius 1 is 1.04 bits per heavy atom. The Hall–Kier alpha value is -2.55. The monoisotopic (exact) mass is 360 g/mol. The first-order chi connectivity index (χ1) is 11.9. The summed E-state index contributed by atoms with van der Waals surface area (Å²) in [5.41, 5.74) is 2.00. The van der Waals surface area contributed by atoms with E-state index in [1.54, 1.807) is 32.0 Å². The van der Waals surface area contributed by atoms with Gasteiger partial charge in [0.05, 0.1) is 10.6 Å². The summed E-state index contributed by atoms with van der Waals surface area (Å²) < 4.78 is 27.3. The lowest BCUT2D eigenvalue weighted by atomic mass is 10.3. The quantitative estimate of drug-likeness (QED) is 0.826. The molecule has 8 nitrogen and oxygen atoms in total. The molecule has 0 saturated carbocycles. The highest BCUT2D eigenvalue weighted by molar-refractivity contribution is 7.92. The zero-order valence-electron chi connectivity index (χ0n) is 14.2. The number of hydrogen-bond acceptors (Lipinski definition) is 6. The Bertz CT molecular complexity index is 854. The fourth-order valence-electron chi connectivity index (χ4n) is 2.55. The normalized spacial score (nSPS) is 15.0. The van der Waals surface area contributed by atoms with Gasteiger partial charge in [-0.15, -0.1) is 5.11 Å². The van der Waals surface area contributed by atoms with Crippen LogP contribution in [0.5, 0.6) is 0 Å². The average molecular weight is 360 g/mol. The molecule has 0 unspecified atom stereocenters. The summed E-state index contributed by atoms with van der Waals surface area (Å²) >= 11 is 0. The van der Waals surface area contributed by atoms with Gasteiger partial charge < -0.3 is 0 Å². The van der Waals surface area contributed by atoms with Crippen LogP contribution in [0, 0.1) is 13.8 Å². The summed E-state index contributed by atoms with van der Waals surface area (Å²) in [6, 6.07) is 8.00. The summed E-state index contributed by atoms with van der Waals surface area (Å²) in [7, 11) is -3.75. The maximum Gasteiger partial charge on any atom is 0.264 e. The Labute approximate surface area is 147 Å². The molecule has 2 heterocycles. The molecule has 0 bridgehead atoms. The number of aryl methyl sites for hydroxylation is 2. The van der Waals surface area contributed by atoms with Gasteiger partial charge in [-0.1, -0.05) is 5.22 Å². The van der Waals surface area contributed by atoms with E-state index in [-0.39, 0.29) is 10.8 Å². The Balaban J connectivity index is 1.73. The molecule has 2 aromatic rings. The lowest BCUT2D eigenvalue weighted by Crippen LogP contribution is -2.15. The Kier molecular flexibility index (Phi) is 4.93. The maximum atomic E-state index is 12.4. The molecule has 0 atom stereocenters. The number of benzene rings is 1. The average Bonchev–Trinajstić information content (AvgIpc) is 3.05. The molecule has 0 radical (unpaired) electrons. The van der Waals surface area contributed by atoms with Crippen LogP contribution in [0.25, 0.3) is 0 Å². The molecular formula is C16H20N6O2S. The first-order valence-corrected chi connectivity index (χ1v) is 9.52. The van der Waals surface area contributed by atoms with Crippen molar-refractivity contribution in [1.29, 1.82) is 0 Å². The Morgan fingerprint density at radius 2 is 1.64 bits per heavy atom. The van der Waals surface area contributed by atoms with Crippen molar-refractivity contribution in [2.45, 2.75) is 31.6 Å². The van der Waals surface area contributed by atoms with E-state index in [1.165, 1.54) is 12.1 Å². The van der Waals surface area contributed by atoms with E-state index in [0.717, 1.165) is 25.9 Å².